The second-order valence-corrected chi connectivity index (χ2v) is 43.2. The van der Waals surface area contributed by atoms with Crippen molar-refractivity contribution in [1.82, 2.24) is 42.4 Å². The Labute approximate surface area is 753 Å². The highest BCUT2D eigenvalue weighted by Crippen LogP contribution is 2.73. The van der Waals surface area contributed by atoms with Gasteiger partial charge in [0.25, 0.3) is 16.7 Å². The molecule has 0 saturated carbocycles. The van der Waals surface area contributed by atoms with Crippen molar-refractivity contribution in [3.05, 3.63) is 244 Å². The highest BCUT2D eigenvalue weighted by Gasteiger charge is 2.68. The number of aromatic nitrogens is 9. The Bertz CT molecular complexity index is 5710. The van der Waals surface area contributed by atoms with Gasteiger partial charge < -0.3 is 56.3 Å². The van der Waals surface area contributed by atoms with Crippen LogP contribution >= 0.6 is 55.6 Å². The molecule has 0 spiro atoms. The minimum atomic E-state index is -5.82. The van der Waals surface area contributed by atoms with E-state index in [1.165, 1.54) is 13.7 Å². The second kappa shape index (κ2) is 34.0. The molecule has 0 amide bonds. The van der Waals surface area contributed by atoms with Gasteiger partial charge >= 0.3 is 7.82 Å². The molecule has 12 heterocycles. The summed E-state index contributed by atoms with van der Waals surface area (Å²) in [5, 5.41) is 1.84. The summed E-state index contributed by atoms with van der Waals surface area (Å²) in [5.74, 6) is -1.44. The fourth-order valence-corrected chi connectivity index (χ4v) is 23.9. The molecule has 0 atom stereocenters. The molecule has 125 heavy (non-hydrogen) atoms. The first-order valence-electron chi connectivity index (χ1n) is 42.4. The van der Waals surface area contributed by atoms with E-state index in [4.69, 9.17) is 42.7 Å². The third-order valence-corrected chi connectivity index (χ3v) is 28.2. The number of phosphoric acid groups is 1. The van der Waals surface area contributed by atoms with Crippen LogP contribution in [0.25, 0.3) is 66.5 Å². The van der Waals surface area contributed by atoms with E-state index in [2.05, 4.69) is 80.7 Å². The molecule has 0 bridgehead atoms. The Morgan fingerprint density at radius 3 is 0.832 bits per heavy atom. The lowest BCUT2D eigenvalue weighted by molar-refractivity contribution is -0.259. The van der Waals surface area contributed by atoms with Gasteiger partial charge in [-0.2, -0.15) is 0 Å². The fourth-order valence-electron chi connectivity index (χ4n) is 19.7. The highest BCUT2D eigenvalue weighted by molar-refractivity contribution is 9.11. The zero-order valence-electron chi connectivity index (χ0n) is 74.4. The number of rotatable bonds is 21. The van der Waals surface area contributed by atoms with Crippen molar-refractivity contribution in [3.63, 3.8) is 0 Å². The summed E-state index contributed by atoms with van der Waals surface area (Å²) in [6.07, 6.45) is 16.2. The molecular formula is C96H111Br3F3N12O10P. The van der Waals surface area contributed by atoms with Crippen molar-refractivity contribution in [2.45, 2.75) is 161 Å². The van der Waals surface area contributed by atoms with Crippen molar-refractivity contribution in [1.29, 1.82) is 0 Å². The summed E-state index contributed by atoms with van der Waals surface area (Å²) >= 11 is 10.0. The number of pyridine rings is 6. The summed E-state index contributed by atoms with van der Waals surface area (Å²) in [4.78, 5) is 67.9. The lowest BCUT2D eigenvalue weighted by Crippen LogP contribution is -2.61. The number of morpholine rings is 3. The van der Waals surface area contributed by atoms with Crippen LogP contribution in [-0.2, 0) is 69.2 Å². The van der Waals surface area contributed by atoms with Crippen LogP contribution in [0, 0.1) is 49.9 Å². The molecule has 22 nitrogen and oxygen atoms in total. The van der Waals surface area contributed by atoms with Gasteiger partial charge in [0.15, 0.2) is 17.2 Å². The first kappa shape index (κ1) is 91.0. The van der Waals surface area contributed by atoms with Crippen molar-refractivity contribution < 1.29 is 45.5 Å². The van der Waals surface area contributed by atoms with Crippen LogP contribution < -0.4 is 31.4 Å². The van der Waals surface area contributed by atoms with Crippen LogP contribution in [0.2, 0.25) is 0 Å². The van der Waals surface area contributed by atoms with E-state index < -0.39 is 91.6 Å². The van der Waals surface area contributed by atoms with E-state index in [1.807, 2.05) is 194 Å². The number of anilines is 3. The Morgan fingerprint density at radius 1 is 0.368 bits per heavy atom. The third kappa shape index (κ3) is 16.7. The Kier molecular flexibility index (Phi) is 24.7. The minimum absolute atomic E-state index is 0.0591. The van der Waals surface area contributed by atoms with Crippen LogP contribution in [-0.4, -0.2) is 121 Å². The Hall–Kier alpha value is -8.80. The maximum atomic E-state index is 20.1. The number of hydrogen-bond acceptors (Lipinski definition) is 16. The lowest BCUT2D eigenvalue weighted by Gasteiger charge is -2.59. The zero-order valence-corrected chi connectivity index (χ0v) is 80.0. The standard InChI is InChI=1S/C96H111Br3F3N12O10P/c1-88(2,3)94(89(4,5)6,112-58-73(70-49-67(52-103-85(70)112)106-34-40-119-41-35-106)61-28-31-109(79(115)46-61)55-64-22-19-25-76(97)82(64)100)122-125(118,123-95(90(7,8)9,91(10,11)12)113-59-74(71-50-68(53-104-86(71)113)107-36-42-120-43-37-107)62-29-32-110(80(116)47-62)56-65-23-20-26-77(98)83(65)101)124-96(92(13,14)15,93(16,17)18)114-60-75(72-51-69(54-105-87(72)114)108-38-44-121-45-39-108)63-30-33-111(81(117)48-63)57-66-24-21-27-78(99)84(66)102/h19-33,46-54,58-60H,34-45,55-57H2,1-18H3. The van der Waals surface area contributed by atoms with E-state index in [9.17, 15) is 14.4 Å². The summed E-state index contributed by atoms with van der Waals surface area (Å²) in [6, 6.07) is 31.3. The van der Waals surface area contributed by atoms with Gasteiger partial charge in [0.1, 0.15) is 34.4 Å². The lowest BCUT2D eigenvalue weighted by atomic mass is 9.68. The molecule has 662 valence electrons. The van der Waals surface area contributed by atoms with Crippen LogP contribution in [0.1, 0.15) is 141 Å². The topological polar surface area (TPSA) is 202 Å². The molecule has 3 saturated heterocycles. The zero-order chi connectivity index (χ0) is 89.8. The molecule has 9 aromatic heterocycles. The van der Waals surface area contributed by atoms with Gasteiger partial charge in [-0.25, -0.2) is 32.7 Å². The molecular weight excluding hydrogens is 1810 g/mol. The van der Waals surface area contributed by atoms with E-state index in [0.717, 1.165) is 17.1 Å². The summed E-state index contributed by atoms with van der Waals surface area (Å²) in [5.41, 5.74) is -6.70. The number of fused-ring (bicyclic) bond motifs is 3. The van der Waals surface area contributed by atoms with Crippen molar-refractivity contribution >= 4 is 106 Å². The van der Waals surface area contributed by atoms with Crippen molar-refractivity contribution in [3.8, 4) is 33.4 Å². The number of halogens is 6. The molecule has 12 aromatic rings. The molecule has 3 fully saturated rings. The van der Waals surface area contributed by atoms with Crippen LogP contribution in [0.15, 0.2) is 193 Å². The average molecular weight is 1920 g/mol. The number of hydrogen-bond donors (Lipinski definition) is 0. The molecule has 3 aliphatic rings. The summed E-state index contributed by atoms with van der Waals surface area (Å²) in [6.45, 7) is 42.5. The predicted molar refractivity (Wildman–Crippen MR) is 499 cm³/mol. The maximum Gasteiger partial charge on any atom is 0.481 e. The second-order valence-electron chi connectivity index (χ2n) is 39.2. The Morgan fingerprint density at radius 2 is 0.608 bits per heavy atom. The van der Waals surface area contributed by atoms with Gasteiger partial charge in [-0.15, -0.1) is 0 Å². The van der Waals surface area contributed by atoms with Gasteiger partial charge in [-0.3, -0.25) is 28.0 Å². The van der Waals surface area contributed by atoms with Gasteiger partial charge in [0.2, 0.25) is 0 Å². The van der Waals surface area contributed by atoms with Gasteiger partial charge in [-0.1, -0.05) is 161 Å². The van der Waals surface area contributed by atoms with Crippen LogP contribution in [0.4, 0.5) is 30.2 Å². The largest absolute Gasteiger partial charge is 0.481 e. The fraction of sp³-hybridized carbons (Fsp3) is 0.438. The van der Waals surface area contributed by atoms with E-state index in [1.54, 1.807) is 91.4 Å². The van der Waals surface area contributed by atoms with E-state index in [-0.39, 0.29) is 33.1 Å². The third-order valence-electron chi connectivity index (χ3n) is 24.9. The van der Waals surface area contributed by atoms with Gasteiger partial charge in [-0.05, 0) is 119 Å². The summed E-state index contributed by atoms with van der Waals surface area (Å²) < 4.78 is 122. The number of phosphoric ester groups is 1. The average Bonchev–Trinajstić information content (AvgIpc) is 1.62. The van der Waals surface area contributed by atoms with Gasteiger partial charge in [0, 0.05) is 177 Å². The smallest absolute Gasteiger partial charge is 0.378 e. The first-order valence-corrected chi connectivity index (χ1v) is 46.3. The SMILES string of the molecule is CC(C)(C)C(OP(=O)(OC(n1cc(-c2ccn(Cc3cccc(Br)c3F)c(=O)c2)c2cc(N3CCOCC3)cnc21)(C(C)(C)C)C(C)(C)C)OC(n1cc(-c2ccn(Cc3cccc(Br)c3F)c(=O)c2)c2cc(N3CCOCC3)cnc21)(C(C)(C)C)C(C)(C)C)(n1cc(-c2ccn(Cc3cccc(Br)c3F)c(=O)c2)c2cc(N3CCOCC3)cnc21)C(C)(C)C. The molecule has 0 unspecified atom stereocenters. The van der Waals surface area contributed by atoms with Crippen LogP contribution in [0.3, 0.4) is 0 Å². The number of nitrogens with zero attached hydrogens (tertiary/aromatic N) is 12. The maximum absolute atomic E-state index is 20.1. The van der Waals surface area contributed by atoms with E-state index >= 15 is 17.7 Å². The monoisotopic (exact) mass is 1920 g/mol. The van der Waals surface area contributed by atoms with Gasteiger partial charge in [0.05, 0.1) is 108 Å². The number of ether oxygens (including phenoxy) is 3. The molecule has 15 rings (SSSR count). The molecule has 0 radical (unpaired) electrons. The minimum Gasteiger partial charge on any atom is -0.378 e. The molecule has 3 aliphatic heterocycles. The number of benzene rings is 3. The van der Waals surface area contributed by atoms with Crippen molar-refractivity contribution in [2.75, 3.05) is 93.6 Å². The molecule has 29 heteroatoms. The quantitative estimate of drug-likeness (QED) is 0.0614. The molecule has 0 aliphatic carbocycles. The first-order chi connectivity index (χ1) is 58.8. The summed E-state index contributed by atoms with van der Waals surface area (Å²) in [7, 11) is -5.82. The highest BCUT2D eigenvalue weighted by atomic mass is 79.9. The van der Waals surface area contributed by atoms with Crippen molar-refractivity contribution in [2.24, 2.45) is 32.5 Å². The normalized spacial score (nSPS) is 15.5. The molecule has 3 aromatic carbocycles. The molecule has 0 N–H and O–H groups in total. The predicted octanol–water partition coefficient (Wildman–Crippen LogP) is 21.4. The van der Waals surface area contributed by atoms with Crippen LogP contribution in [0.5, 0.6) is 0 Å². The van der Waals surface area contributed by atoms with E-state index in [0.29, 0.717) is 162 Å². The Balaban J connectivity index is 1.02.